The first-order chi connectivity index (χ1) is 8.61. The van der Waals surface area contributed by atoms with Gasteiger partial charge in [0.1, 0.15) is 6.04 Å². The van der Waals surface area contributed by atoms with Crippen molar-refractivity contribution in [3.63, 3.8) is 0 Å². The van der Waals surface area contributed by atoms with Crippen LogP contribution in [-0.2, 0) is 17.6 Å². The molecule has 0 spiro atoms. The number of aliphatic carboxylic acids is 1. The molecule has 1 unspecified atom stereocenters. The van der Waals surface area contributed by atoms with E-state index in [1.54, 1.807) is 0 Å². The predicted octanol–water partition coefficient (Wildman–Crippen LogP) is 1.85. The van der Waals surface area contributed by atoms with Crippen LogP contribution in [0.1, 0.15) is 11.1 Å². The van der Waals surface area contributed by atoms with Crippen LogP contribution in [0.5, 0.6) is 0 Å². The highest BCUT2D eigenvalue weighted by Crippen LogP contribution is 2.21. The van der Waals surface area contributed by atoms with E-state index in [0.717, 1.165) is 28.5 Å². The lowest BCUT2D eigenvalue weighted by Crippen LogP contribution is -2.32. The summed E-state index contributed by atoms with van der Waals surface area (Å²) < 4.78 is 0. The van der Waals surface area contributed by atoms with Gasteiger partial charge in [0.25, 0.3) is 0 Å². The van der Waals surface area contributed by atoms with Gasteiger partial charge in [0.2, 0.25) is 0 Å². The van der Waals surface area contributed by atoms with Crippen LogP contribution in [0.2, 0.25) is 0 Å². The third-order valence-electron chi connectivity index (χ3n) is 2.97. The third kappa shape index (κ3) is 2.43. The van der Waals surface area contributed by atoms with E-state index in [0.29, 0.717) is 6.42 Å². The molecule has 0 aliphatic rings. The molecule has 1 heterocycles. The molecule has 0 saturated carbocycles. The summed E-state index contributed by atoms with van der Waals surface area (Å²) in [5.41, 5.74) is 8.65. The van der Waals surface area contributed by atoms with E-state index in [1.807, 2.05) is 24.4 Å². The van der Waals surface area contributed by atoms with Gasteiger partial charge in [-0.25, -0.2) is 0 Å². The lowest BCUT2D eigenvalue weighted by molar-refractivity contribution is -0.138. The maximum absolute atomic E-state index is 10.8. The Kier molecular flexibility index (Phi) is 3.48. The standard InChI is InChI=1S/C14H16N2O2/c1-2-3-9-4-5-13-11(6-9)10(8-16-13)7-12(15)14(17)18/h2,4-6,8,12,16H,1,3,7,15H2,(H,17,18). The number of carboxylic acid groups (broad SMARTS) is 1. The molecule has 0 radical (unpaired) electrons. The normalized spacial score (nSPS) is 12.5. The second-order valence-corrected chi connectivity index (χ2v) is 4.34. The molecule has 0 aliphatic carbocycles. The molecule has 4 nitrogen and oxygen atoms in total. The van der Waals surface area contributed by atoms with E-state index in [2.05, 4.69) is 17.6 Å². The molecule has 0 aliphatic heterocycles. The monoisotopic (exact) mass is 244 g/mol. The molecular formula is C14H16N2O2. The Hall–Kier alpha value is -2.07. The summed E-state index contributed by atoms with van der Waals surface area (Å²) in [7, 11) is 0. The SMILES string of the molecule is C=CCc1ccc2[nH]cc(CC(N)C(=O)O)c2c1. The molecule has 94 valence electrons. The predicted molar refractivity (Wildman–Crippen MR) is 71.5 cm³/mol. The molecule has 4 heteroatoms. The molecule has 1 aromatic carbocycles. The molecule has 2 rings (SSSR count). The summed E-state index contributed by atoms with van der Waals surface area (Å²) in [6.07, 6.45) is 4.79. The van der Waals surface area contributed by atoms with Gasteiger partial charge < -0.3 is 15.8 Å². The lowest BCUT2D eigenvalue weighted by atomic mass is 10.0. The van der Waals surface area contributed by atoms with Crippen molar-refractivity contribution in [2.45, 2.75) is 18.9 Å². The minimum Gasteiger partial charge on any atom is -0.480 e. The van der Waals surface area contributed by atoms with E-state index in [-0.39, 0.29) is 0 Å². The van der Waals surface area contributed by atoms with Gasteiger partial charge in [0.15, 0.2) is 0 Å². The maximum atomic E-state index is 10.8. The first-order valence-corrected chi connectivity index (χ1v) is 5.80. The Morgan fingerprint density at radius 3 is 3.00 bits per heavy atom. The number of H-pyrrole nitrogens is 1. The van der Waals surface area contributed by atoms with E-state index in [4.69, 9.17) is 10.8 Å². The van der Waals surface area contributed by atoms with E-state index >= 15 is 0 Å². The average molecular weight is 244 g/mol. The van der Waals surface area contributed by atoms with Crippen LogP contribution in [-0.4, -0.2) is 22.1 Å². The Morgan fingerprint density at radius 1 is 1.56 bits per heavy atom. The number of hydrogen-bond donors (Lipinski definition) is 3. The number of fused-ring (bicyclic) bond motifs is 1. The summed E-state index contributed by atoms with van der Waals surface area (Å²) in [5.74, 6) is -0.980. The van der Waals surface area contributed by atoms with Gasteiger partial charge in [-0.1, -0.05) is 12.1 Å². The summed E-state index contributed by atoms with van der Waals surface area (Å²) in [5, 5.41) is 9.88. The van der Waals surface area contributed by atoms with Crippen molar-refractivity contribution < 1.29 is 9.90 Å². The van der Waals surface area contributed by atoms with Crippen LogP contribution in [0.15, 0.2) is 37.1 Å². The van der Waals surface area contributed by atoms with Crippen molar-refractivity contribution in [3.8, 4) is 0 Å². The topological polar surface area (TPSA) is 79.1 Å². The van der Waals surface area contributed by atoms with Crippen molar-refractivity contribution >= 4 is 16.9 Å². The van der Waals surface area contributed by atoms with Gasteiger partial charge in [-0.05, 0) is 29.7 Å². The summed E-state index contributed by atoms with van der Waals surface area (Å²) in [4.78, 5) is 13.9. The molecule has 0 fully saturated rings. The van der Waals surface area contributed by atoms with Gasteiger partial charge in [0, 0.05) is 23.5 Å². The summed E-state index contributed by atoms with van der Waals surface area (Å²) in [6.45, 7) is 3.71. The van der Waals surface area contributed by atoms with E-state index < -0.39 is 12.0 Å². The summed E-state index contributed by atoms with van der Waals surface area (Å²) in [6, 6.07) is 5.20. The van der Waals surface area contributed by atoms with Gasteiger partial charge in [-0.15, -0.1) is 6.58 Å². The van der Waals surface area contributed by atoms with Crippen molar-refractivity contribution in [2.75, 3.05) is 0 Å². The number of aromatic amines is 1. The molecule has 4 N–H and O–H groups in total. The van der Waals surface area contributed by atoms with Crippen LogP contribution < -0.4 is 5.73 Å². The first kappa shape index (κ1) is 12.4. The lowest BCUT2D eigenvalue weighted by Gasteiger charge is -2.05. The number of hydrogen-bond acceptors (Lipinski definition) is 2. The Morgan fingerprint density at radius 2 is 2.33 bits per heavy atom. The zero-order chi connectivity index (χ0) is 13.1. The zero-order valence-electron chi connectivity index (χ0n) is 10.0. The molecule has 0 bridgehead atoms. The smallest absolute Gasteiger partial charge is 0.320 e. The minimum absolute atomic E-state index is 0.326. The number of aromatic nitrogens is 1. The second kappa shape index (κ2) is 5.06. The average Bonchev–Trinajstić information content (AvgIpc) is 2.72. The van der Waals surface area contributed by atoms with Crippen molar-refractivity contribution in [3.05, 3.63) is 48.2 Å². The fourth-order valence-electron chi connectivity index (χ4n) is 2.01. The number of rotatable bonds is 5. The van der Waals surface area contributed by atoms with Crippen molar-refractivity contribution in [1.29, 1.82) is 0 Å². The number of benzene rings is 1. The summed E-state index contributed by atoms with van der Waals surface area (Å²) >= 11 is 0. The van der Waals surface area contributed by atoms with Crippen LogP contribution in [0.25, 0.3) is 10.9 Å². The molecule has 1 atom stereocenters. The van der Waals surface area contributed by atoms with E-state index in [9.17, 15) is 4.79 Å². The Bertz CT molecular complexity index is 586. The number of carboxylic acids is 1. The first-order valence-electron chi connectivity index (χ1n) is 5.80. The highest BCUT2D eigenvalue weighted by atomic mass is 16.4. The molecule has 2 aromatic rings. The fourth-order valence-corrected chi connectivity index (χ4v) is 2.01. The second-order valence-electron chi connectivity index (χ2n) is 4.34. The largest absolute Gasteiger partial charge is 0.480 e. The van der Waals surface area contributed by atoms with E-state index in [1.165, 1.54) is 0 Å². The highest BCUT2D eigenvalue weighted by Gasteiger charge is 2.14. The van der Waals surface area contributed by atoms with Gasteiger partial charge in [-0.2, -0.15) is 0 Å². The number of allylic oxidation sites excluding steroid dienone is 1. The van der Waals surface area contributed by atoms with Crippen molar-refractivity contribution in [2.24, 2.45) is 5.73 Å². The van der Waals surface area contributed by atoms with Gasteiger partial charge in [0.05, 0.1) is 0 Å². The molecular weight excluding hydrogens is 228 g/mol. The van der Waals surface area contributed by atoms with Gasteiger partial charge in [-0.3, -0.25) is 4.79 Å². The van der Waals surface area contributed by atoms with Crippen molar-refractivity contribution in [1.82, 2.24) is 4.98 Å². The molecule has 0 amide bonds. The number of nitrogens with two attached hydrogens (primary N) is 1. The Labute approximate surface area is 105 Å². The quantitative estimate of drug-likeness (QED) is 0.702. The number of nitrogens with one attached hydrogen (secondary N) is 1. The molecule has 1 aromatic heterocycles. The number of carbonyl (C=O) groups is 1. The highest BCUT2D eigenvalue weighted by molar-refractivity contribution is 5.85. The van der Waals surface area contributed by atoms with Crippen LogP contribution >= 0.6 is 0 Å². The molecule has 18 heavy (non-hydrogen) atoms. The van der Waals surface area contributed by atoms with Gasteiger partial charge >= 0.3 is 5.97 Å². The van der Waals surface area contributed by atoms with Crippen LogP contribution in [0.4, 0.5) is 0 Å². The Balaban J connectivity index is 2.35. The third-order valence-corrected chi connectivity index (χ3v) is 2.97. The maximum Gasteiger partial charge on any atom is 0.320 e. The minimum atomic E-state index is -0.980. The molecule has 0 saturated heterocycles. The zero-order valence-corrected chi connectivity index (χ0v) is 10.0. The van der Waals surface area contributed by atoms with Crippen LogP contribution in [0, 0.1) is 0 Å². The fraction of sp³-hybridized carbons (Fsp3) is 0.214. The van der Waals surface area contributed by atoms with Crippen LogP contribution in [0.3, 0.4) is 0 Å².